The molecule has 1 aliphatic rings. The van der Waals surface area contributed by atoms with Gasteiger partial charge in [-0.3, -0.25) is 4.40 Å². The quantitative estimate of drug-likeness (QED) is 0.714. The van der Waals surface area contributed by atoms with E-state index in [1.807, 2.05) is 29.9 Å². The lowest BCUT2D eigenvalue weighted by Gasteiger charge is -2.28. The van der Waals surface area contributed by atoms with Gasteiger partial charge in [-0.25, -0.2) is 15.0 Å². The fourth-order valence-corrected chi connectivity index (χ4v) is 3.58. The Morgan fingerprint density at radius 3 is 2.96 bits per heavy atom. The first-order valence-electron chi connectivity index (χ1n) is 8.49. The number of rotatable bonds is 4. The number of hydrogen-bond donors (Lipinski definition) is 0. The zero-order valence-corrected chi connectivity index (χ0v) is 14.3. The fourth-order valence-electron chi connectivity index (χ4n) is 3.58. The van der Waals surface area contributed by atoms with Gasteiger partial charge in [0.1, 0.15) is 5.82 Å². The van der Waals surface area contributed by atoms with Crippen LogP contribution in [0, 0.1) is 5.92 Å². The Morgan fingerprint density at radius 2 is 2.15 bits per heavy atom. The van der Waals surface area contributed by atoms with Gasteiger partial charge in [-0.1, -0.05) is 0 Å². The highest BCUT2D eigenvalue weighted by molar-refractivity contribution is 5.30. The van der Waals surface area contributed by atoms with Crippen LogP contribution in [0.15, 0.2) is 30.9 Å². The third kappa shape index (κ3) is 3.31. The second kappa shape index (κ2) is 6.39. The van der Waals surface area contributed by atoms with Crippen LogP contribution in [0.2, 0.25) is 0 Å². The molecule has 4 rings (SSSR count). The maximum absolute atomic E-state index is 12.8. The summed E-state index contributed by atoms with van der Waals surface area (Å²) in [6.45, 7) is 2.07. The Balaban J connectivity index is 1.41. The van der Waals surface area contributed by atoms with Gasteiger partial charge in [-0.2, -0.15) is 13.2 Å². The minimum atomic E-state index is -4.38. The Bertz CT molecular complexity index is 913. The Hall–Kier alpha value is -2.42. The molecule has 6 nitrogen and oxygen atoms in total. The van der Waals surface area contributed by atoms with E-state index in [1.54, 1.807) is 10.8 Å². The van der Waals surface area contributed by atoms with Crippen molar-refractivity contribution in [1.29, 1.82) is 0 Å². The summed E-state index contributed by atoms with van der Waals surface area (Å²) in [6.07, 6.45) is 3.61. The van der Waals surface area contributed by atoms with Crippen molar-refractivity contribution in [3.8, 4) is 0 Å². The lowest BCUT2D eigenvalue weighted by molar-refractivity contribution is -0.141. The highest BCUT2D eigenvalue weighted by Crippen LogP contribution is 2.30. The van der Waals surface area contributed by atoms with Crippen LogP contribution in [0.25, 0.3) is 5.78 Å². The number of alkyl halides is 3. The Labute approximate surface area is 148 Å². The number of halogens is 3. The number of imidazole rings is 2. The topological polar surface area (TPSA) is 51.3 Å². The van der Waals surface area contributed by atoms with E-state index in [4.69, 9.17) is 0 Å². The fraction of sp³-hybridized carbons (Fsp3) is 0.471. The largest absolute Gasteiger partial charge is 0.434 e. The second-order valence-electron chi connectivity index (χ2n) is 6.83. The lowest BCUT2D eigenvalue weighted by Crippen LogP contribution is -2.31. The van der Waals surface area contributed by atoms with Crippen molar-refractivity contribution in [2.45, 2.75) is 32.1 Å². The van der Waals surface area contributed by atoms with Crippen molar-refractivity contribution in [1.82, 2.24) is 28.8 Å². The minimum absolute atomic E-state index is 0.292. The normalized spacial score (nSPS) is 17.8. The first-order valence-corrected chi connectivity index (χ1v) is 8.49. The van der Waals surface area contributed by atoms with Gasteiger partial charge >= 0.3 is 6.18 Å². The first kappa shape index (κ1) is 17.0. The molecule has 1 atom stereocenters. The van der Waals surface area contributed by atoms with Crippen LogP contribution in [0.4, 0.5) is 13.2 Å². The molecule has 3 aromatic heterocycles. The molecule has 4 heterocycles. The van der Waals surface area contributed by atoms with E-state index in [0.717, 1.165) is 24.9 Å². The van der Waals surface area contributed by atoms with E-state index in [9.17, 15) is 13.2 Å². The van der Waals surface area contributed by atoms with Crippen molar-refractivity contribution in [2.75, 3.05) is 13.6 Å². The number of aromatic nitrogens is 5. The predicted molar refractivity (Wildman–Crippen MR) is 88.4 cm³/mol. The predicted octanol–water partition coefficient (Wildman–Crippen LogP) is 2.64. The summed E-state index contributed by atoms with van der Waals surface area (Å²) in [4.78, 5) is 14.4. The van der Waals surface area contributed by atoms with Gasteiger partial charge in [-0.15, -0.1) is 0 Å². The van der Waals surface area contributed by atoms with Gasteiger partial charge in [0.2, 0.25) is 5.78 Å². The molecule has 26 heavy (non-hydrogen) atoms. The standard InChI is InChI=1S/C17H19F3N6/c1-24(10-13-7-22-16-21-5-2-6-26(13)16)8-12-3-4-15-23-14(17(18,19)20)11-25(15)9-12/h2,5-7,11-12H,3-4,8-10H2,1H3/t12-/m0/s1. The SMILES string of the molecule is CN(Cc1cnc2ncccn12)C[C@@H]1CCc2nc(C(F)(F)F)cn2C1. The molecule has 1 aliphatic heterocycles. The van der Waals surface area contributed by atoms with Gasteiger partial charge in [0, 0.05) is 44.6 Å². The highest BCUT2D eigenvalue weighted by Gasteiger charge is 2.35. The monoisotopic (exact) mass is 364 g/mol. The number of fused-ring (bicyclic) bond motifs is 2. The van der Waals surface area contributed by atoms with Gasteiger partial charge < -0.3 is 9.47 Å². The molecule has 0 fully saturated rings. The molecular weight excluding hydrogens is 345 g/mol. The number of aryl methyl sites for hydroxylation is 1. The van der Waals surface area contributed by atoms with E-state index < -0.39 is 11.9 Å². The lowest BCUT2D eigenvalue weighted by atomic mass is 9.99. The number of nitrogens with zero attached hydrogens (tertiary/aromatic N) is 6. The highest BCUT2D eigenvalue weighted by atomic mass is 19.4. The molecule has 0 radical (unpaired) electrons. The third-order valence-corrected chi connectivity index (χ3v) is 4.75. The summed E-state index contributed by atoms with van der Waals surface area (Å²) >= 11 is 0. The van der Waals surface area contributed by atoms with Crippen molar-refractivity contribution in [2.24, 2.45) is 5.92 Å². The van der Waals surface area contributed by atoms with Crippen LogP contribution in [-0.2, 0) is 25.7 Å². The van der Waals surface area contributed by atoms with E-state index in [1.165, 1.54) is 0 Å². The summed E-state index contributed by atoms with van der Waals surface area (Å²) < 4.78 is 42.1. The Morgan fingerprint density at radius 1 is 1.31 bits per heavy atom. The van der Waals surface area contributed by atoms with Gasteiger partial charge in [-0.05, 0) is 25.5 Å². The maximum atomic E-state index is 12.8. The second-order valence-corrected chi connectivity index (χ2v) is 6.83. The van der Waals surface area contributed by atoms with Crippen molar-refractivity contribution in [3.63, 3.8) is 0 Å². The average molecular weight is 364 g/mol. The summed E-state index contributed by atoms with van der Waals surface area (Å²) in [5.74, 6) is 1.49. The van der Waals surface area contributed by atoms with Crippen LogP contribution in [0.5, 0.6) is 0 Å². The summed E-state index contributed by atoms with van der Waals surface area (Å²) in [5, 5.41) is 0. The van der Waals surface area contributed by atoms with Crippen molar-refractivity contribution >= 4 is 5.78 Å². The zero-order chi connectivity index (χ0) is 18.3. The molecule has 0 aromatic carbocycles. The molecule has 0 unspecified atom stereocenters. The third-order valence-electron chi connectivity index (χ3n) is 4.75. The molecule has 9 heteroatoms. The van der Waals surface area contributed by atoms with Crippen LogP contribution < -0.4 is 0 Å². The molecule has 138 valence electrons. The van der Waals surface area contributed by atoms with Gasteiger partial charge in [0.05, 0.1) is 11.9 Å². The van der Waals surface area contributed by atoms with E-state index >= 15 is 0 Å². The smallest absolute Gasteiger partial charge is 0.334 e. The molecule has 0 saturated carbocycles. The van der Waals surface area contributed by atoms with E-state index in [2.05, 4.69) is 19.9 Å². The summed E-state index contributed by atoms with van der Waals surface area (Å²) in [6, 6.07) is 1.86. The molecule has 0 N–H and O–H groups in total. The molecular formula is C17H19F3N6. The minimum Gasteiger partial charge on any atom is -0.334 e. The van der Waals surface area contributed by atoms with E-state index in [-0.39, 0.29) is 0 Å². The van der Waals surface area contributed by atoms with Crippen molar-refractivity contribution < 1.29 is 13.2 Å². The molecule has 0 spiro atoms. The molecule has 3 aromatic rings. The van der Waals surface area contributed by atoms with Gasteiger partial charge in [0.25, 0.3) is 0 Å². The molecule has 0 aliphatic carbocycles. The van der Waals surface area contributed by atoms with Crippen LogP contribution in [-0.4, -0.2) is 42.4 Å². The maximum Gasteiger partial charge on any atom is 0.434 e. The van der Waals surface area contributed by atoms with E-state index in [0.29, 0.717) is 37.0 Å². The molecule has 0 bridgehead atoms. The Kier molecular flexibility index (Phi) is 4.18. The zero-order valence-electron chi connectivity index (χ0n) is 14.3. The van der Waals surface area contributed by atoms with Crippen LogP contribution >= 0.6 is 0 Å². The summed E-state index contributed by atoms with van der Waals surface area (Å²) in [7, 11) is 2.01. The van der Waals surface area contributed by atoms with Gasteiger partial charge in [0.15, 0.2) is 5.69 Å². The molecule has 0 amide bonds. The molecule has 0 saturated heterocycles. The average Bonchev–Trinajstić information content (AvgIpc) is 3.19. The summed E-state index contributed by atoms with van der Waals surface area (Å²) in [5.41, 5.74) is 0.244. The first-order chi connectivity index (χ1) is 12.4. The van der Waals surface area contributed by atoms with Crippen LogP contribution in [0.1, 0.15) is 23.6 Å². The van der Waals surface area contributed by atoms with Crippen molar-refractivity contribution in [3.05, 3.63) is 48.1 Å². The number of hydrogen-bond acceptors (Lipinski definition) is 4. The van der Waals surface area contributed by atoms with Crippen LogP contribution in [0.3, 0.4) is 0 Å².